The molecular weight excluding hydrogens is 260 g/mol. The van der Waals surface area contributed by atoms with Gasteiger partial charge in [0, 0.05) is 26.4 Å². The molecule has 0 heterocycles. The Morgan fingerprint density at radius 1 is 0.632 bits per heavy atom. The third kappa shape index (κ3) is 9.57. The fraction of sp³-hybridized carbons (Fsp3) is 1.00. The highest BCUT2D eigenvalue weighted by atomic mass is 28.4. The minimum absolute atomic E-state index is 0.479. The van der Waals surface area contributed by atoms with E-state index in [1.165, 1.54) is 0 Å². The first-order chi connectivity index (χ1) is 9.24. The summed E-state index contributed by atoms with van der Waals surface area (Å²) in [6.07, 6.45) is 5.58. The van der Waals surface area contributed by atoms with E-state index in [4.69, 9.17) is 18.0 Å². The van der Waals surface area contributed by atoms with E-state index in [-0.39, 0.29) is 0 Å². The van der Waals surface area contributed by atoms with Crippen LogP contribution in [0.3, 0.4) is 0 Å². The highest BCUT2D eigenvalue weighted by Crippen LogP contribution is 2.13. The van der Waals surface area contributed by atoms with Crippen LogP contribution in [0.5, 0.6) is 0 Å². The lowest BCUT2D eigenvalue weighted by Crippen LogP contribution is -2.51. The average Bonchev–Trinajstić information content (AvgIpc) is 2.44. The molecule has 0 atom stereocenters. The Morgan fingerprint density at radius 2 is 1.11 bits per heavy atom. The summed E-state index contributed by atoms with van der Waals surface area (Å²) in [5.41, 5.74) is 0. The van der Waals surface area contributed by atoms with E-state index in [9.17, 15) is 0 Å². The number of hydrogen-bond donors (Lipinski definition) is 0. The lowest BCUT2D eigenvalue weighted by atomic mass is 10.4. The minimum Gasteiger partial charge on any atom is -0.377 e. The first kappa shape index (κ1) is 19.1. The van der Waals surface area contributed by atoms with Crippen molar-refractivity contribution in [3.8, 4) is 0 Å². The minimum atomic E-state index is -2.63. The Morgan fingerprint density at radius 3 is 1.47 bits per heavy atom. The van der Waals surface area contributed by atoms with Crippen molar-refractivity contribution in [1.82, 2.24) is 0 Å². The third-order valence-corrected chi connectivity index (χ3v) is 4.99. The molecule has 5 heteroatoms. The molecule has 0 aromatic heterocycles. The van der Waals surface area contributed by atoms with Gasteiger partial charge in [0.15, 0.2) is 0 Å². The smallest absolute Gasteiger partial charge is 0.377 e. The van der Waals surface area contributed by atoms with Gasteiger partial charge in [0.2, 0.25) is 0 Å². The van der Waals surface area contributed by atoms with E-state index in [0.717, 1.165) is 38.7 Å². The van der Waals surface area contributed by atoms with Crippen molar-refractivity contribution in [3.05, 3.63) is 0 Å². The predicted octanol–water partition coefficient (Wildman–Crippen LogP) is 3.56. The van der Waals surface area contributed by atoms with Crippen LogP contribution in [0.1, 0.15) is 59.8 Å². The van der Waals surface area contributed by atoms with Gasteiger partial charge in [0.25, 0.3) is 0 Å². The zero-order chi connectivity index (χ0) is 14.4. The van der Waals surface area contributed by atoms with E-state index < -0.39 is 8.80 Å². The molecule has 4 nitrogen and oxygen atoms in total. The Hall–Kier alpha value is 0.0569. The van der Waals surface area contributed by atoms with Crippen LogP contribution in [0.4, 0.5) is 0 Å². The van der Waals surface area contributed by atoms with Crippen LogP contribution < -0.4 is 0 Å². The van der Waals surface area contributed by atoms with Gasteiger partial charge in [0.05, 0.1) is 0 Å². The summed E-state index contributed by atoms with van der Waals surface area (Å²) < 4.78 is 23.5. The Labute approximate surface area is 120 Å². The fourth-order valence-corrected chi connectivity index (χ4v) is 3.91. The van der Waals surface area contributed by atoms with Crippen LogP contribution >= 0.6 is 0 Å². The summed E-state index contributed by atoms with van der Waals surface area (Å²) in [5.74, 6) is 0. The van der Waals surface area contributed by atoms with E-state index in [1.807, 2.05) is 0 Å². The van der Waals surface area contributed by atoms with Crippen molar-refractivity contribution < 1.29 is 18.0 Å². The molecule has 0 spiro atoms. The van der Waals surface area contributed by atoms with Crippen LogP contribution in [0.25, 0.3) is 0 Å². The van der Waals surface area contributed by atoms with Crippen LogP contribution in [0.2, 0.25) is 0 Å². The molecule has 0 unspecified atom stereocenters. The first-order valence-electron chi connectivity index (χ1n) is 7.74. The summed E-state index contributed by atoms with van der Waals surface area (Å²) >= 11 is 0. The molecule has 0 rings (SSSR count). The molecule has 0 aliphatic heterocycles. The second-order valence-corrected chi connectivity index (χ2v) is 7.16. The van der Waals surface area contributed by atoms with Crippen molar-refractivity contribution >= 4 is 8.80 Å². The van der Waals surface area contributed by atoms with Crippen LogP contribution in [0.15, 0.2) is 0 Å². The van der Waals surface area contributed by atoms with E-state index >= 15 is 0 Å². The molecule has 0 aromatic carbocycles. The van der Waals surface area contributed by atoms with Gasteiger partial charge in [-0.1, -0.05) is 34.1 Å². The molecule has 0 bridgehead atoms. The molecule has 0 N–H and O–H groups in total. The first-order valence-corrected chi connectivity index (χ1v) is 9.67. The summed E-state index contributed by atoms with van der Waals surface area (Å²) in [6, 6.07) is 0. The number of ether oxygens (including phenoxy) is 1. The van der Waals surface area contributed by atoms with Gasteiger partial charge in [-0.25, -0.2) is 0 Å². The predicted molar refractivity (Wildman–Crippen MR) is 80.2 cm³/mol. The highest BCUT2D eigenvalue weighted by Gasteiger charge is 2.41. The quantitative estimate of drug-likeness (QED) is 0.362. The second-order valence-electron chi connectivity index (χ2n) is 4.63. The number of hydrogen-bond acceptors (Lipinski definition) is 4. The van der Waals surface area contributed by atoms with Crippen molar-refractivity contribution in [3.63, 3.8) is 0 Å². The zero-order valence-electron chi connectivity index (χ0n) is 13.2. The topological polar surface area (TPSA) is 36.9 Å². The monoisotopic (exact) mass is 292 g/mol. The molecule has 0 saturated heterocycles. The van der Waals surface area contributed by atoms with Gasteiger partial charge in [-0.3, -0.25) is 0 Å². The normalized spacial score (nSPS) is 12.0. The van der Waals surface area contributed by atoms with E-state index in [2.05, 4.69) is 27.7 Å². The number of unbranched alkanes of at least 4 members (excludes halogenated alkanes) is 1. The molecule has 0 amide bonds. The Kier molecular flexibility index (Phi) is 13.1. The Bertz CT molecular complexity index is 169. The standard InChI is InChI=1S/C14H32O4Si/c1-5-9-13-15-14-19(16-10-6-2,17-11-7-3)18-12-8-4/h5-14H2,1-4H3. The molecule has 0 aromatic rings. The van der Waals surface area contributed by atoms with Gasteiger partial charge in [-0.05, 0) is 25.7 Å². The summed E-state index contributed by atoms with van der Waals surface area (Å²) in [4.78, 5) is 0. The van der Waals surface area contributed by atoms with Crippen molar-refractivity contribution in [1.29, 1.82) is 0 Å². The van der Waals surface area contributed by atoms with E-state index in [1.54, 1.807) is 0 Å². The van der Waals surface area contributed by atoms with Gasteiger partial charge < -0.3 is 18.0 Å². The summed E-state index contributed by atoms with van der Waals surface area (Å²) in [5, 5.41) is 0. The molecule has 0 aliphatic rings. The maximum absolute atomic E-state index is 5.93. The molecule has 19 heavy (non-hydrogen) atoms. The summed E-state index contributed by atoms with van der Waals surface area (Å²) in [6.45, 7) is 11.2. The maximum atomic E-state index is 5.93. The fourth-order valence-electron chi connectivity index (χ4n) is 1.47. The van der Waals surface area contributed by atoms with Gasteiger partial charge >= 0.3 is 8.80 Å². The van der Waals surface area contributed by atoms with Gasteiger partial charge in [0.1, 0.15) is 6.23 Å². The SMILES string of the molecule is CCCCOC[Si](OCCC)(OCCC)OCCC. The molecule has 116 valence electrons. The molecular formula is C14H32O4Si. The van der Waals surface area contributed by atoms with Crippen molar-refractivity contribution in [2.45, 2.75) is 59.8 Å². The Balaban J connectivity index is 4.38. The highest BCUT2D eigenvalue weighted by molar-refractivity contribution is 6.60. The van der Waals surface area contributed by atoms with Crippen LogP contribution in [-0.2, 0) is 18.0 Å². The molecule has 0 aliphatic carbocycles. The zero-order valence-corrected chi connectivity index (χ0v) is 14.2. The second kappa shape index (κ2) is 13.1. The summed E-state index contributed by atoms with van der Waals surface area (Å²) in [7, 11) is -2.63. The van der Waals surface area contributed by atoms with Gasteiger partial charge in [-0.2, -0.15) is 0 Å². The number of rotatable bonds is 14. The lowest BCUT2D eigenvalue weighted by molar-refractivity contribution is 0.0214. The molecule has 0 saturated carbocycles. The van der Waals surface area contributed by atoms with E-state index in [0.29, 0.717) is 26.1 Å². The average molecular weight is 292 g/mol. The van der Waals surface area contributed by atoms with Crippen LogP contribution in [0, 0.1) is 0 Å². The van der Waals surface area contributed by atoms with Crippen molar-refractivity contribution in [2.75, 3.05) is 32.7 Å². The van der Waals surface area contributed by atoms with Gasteiger partial charge in [-0.15, -0.1) is 0 Å². The molecule has 0 radical (unpaired) electrons. The lowest BCUT2D eigenvalue weighted by Gasteiger charge is -2.29. The third-order valence-electron chi connectivity index (χ3n) is 2.50. The van der Waals surface area contributed by atoms with Crippen molar-refractivity contribution in [2.24, 2.45) is 0 Å². The maximum Gasteiger partial charge on any atom is 0.528 e. The largest absolute Gasteiger partial charge is 0.528 e. The van der Waals surface area contributed by atoms with Crippen LogP contribution in [-0.4, -0.2) is 41.5 Å². The molecule has 0 fully saturated rings.